The number of nitrogens with zero attached hydrogens (tertiary/aromatic N) is 1. The van der Waals surface area contributed by atoms with Gasteiger partial charge in [0.2, 0.25) is 5.91 Å². The second-order valence-electron chi connectivity index (χ2n) is 5.36. The third-order valence-electron chi connectivity index (χ3n) is 3.47. The van der Waals surface area contributed by atoms with Crippen LogP contribution >= 0.6 is 22.7 Å². The van der Waals surface area contributed by atoms with E-state index < -0.39 is 0 Å². The first kappa shape index (κ1) is 17.3. The zero-order chi connectivity index (χ0) is 17.6. The number of amides is 2. The first-order valence-corrected chi connectivity index (χ1v) is 9.52. The van der Waals surface area contributed by atoms with Crippen molar-refractivity contribution < 1.29 is 9.59 Å². The van der Waals surface area contributed by atoms with Gasteiger partial charge in [0, 0.05) is 29.6 Å². The molecule has 0 saturated carbocycles. The predicted octanol–water partition coefficient (Wildman–Crippen LogP) is 3.94. The van der Waals surface area contributed by atoms with Crippen LogP contribution in [-0.4, -0.2) is 23.3 Å². The van der Waals surface area contributed by atoms with Gasteiger partial charge in [0.1, 0.15) is 0 Å². The van der Waals surface area contributed by atoms with Gasteiger partial charge < -0.3 is 10.6 Å². The topological polar surface area (TPSA) is 71.1 Å². The minimum absolute atomic E-state index is 0.135. The largest absolute Gasteiger partial charge is 0.351 e. The van der Waals surface area contributed by atoms with Crippen LogP contribution in [0.25, 0.3) is 11.3 Å². The van der Waals surface area contributed by atoms with Crippen LogP contribution in [0.15, 0.2) is 47.2 Å². The normalized spacial score (nSPS) is 10.4. The maximum absolute atomic E-state index is 12.0. The number of anilines is 1. The van der Waals surface area contributed by atoms with Crippen LogP contribution in [0, 0.1) is 6.92 Å². The molecule has 2 heterocycles. The highest BCUT2D eigenvalue weighted by molar-refractivity contribution is 7.12. The molecular weight excluding hydrogens is 354 g/mol. The van der Waals surface area contributed by atoms with Gasteiger partial charge in [-0.1, -0.05) is 18.2 Å². The Kier molecular flexibility index (Phi) is 5.57. The summed E-state index contributed by atoms with van der Waals surface area (Å²) in [6.07, 6.45) is 0.226. The van der Waals surface area contributed by atoms with Crippen LogP contribution in [0.1, 0.15) is 21.1 Å². The van der Waals surface area contributed by atoms with Crippen molar-refractivity contribution in [2.45, 2.75) is 13.3 Å². The maximum Gasteiger partial charge on any atom is 0.261 e. The van der Waals surface area contributed by atoms with Crippen LogP contribution in [0.4, 0.5) is 5.69 Å². The summed E-state index contributed by atoms with van der Waals surface area (Å²) in [5, 5.41) is 10.5. The van der Waals surface area contributed by atoms with Gasteiger partial charge in [0.25, 0.3) is 5.91 Å². The minimum Gasteiger partial charge on any atom is -0.351 e. The number of rotatable bonds is 6. The van der Waals surface area contributed by atoms with Crippen LogP contribution in [0.5, 0.6) is 0 Å². The smallest absolute Gasteiger partial charge is 0.261 e. The molecule has 0 bridgehead atoms. The quantitative estimate of drug-likeness (QED) is 0.689. The van der Waals surface area contributed by atoms with Crippen molar-refractivity contribution in [3.8, 4) is 11.3 Å². The Morgan fingerprint density at radius 1 is 1.12 bits per heavy atom. The molecule has 1 aromatic carbocycles. The SMILES string of the molecule is Cc1nc(-c2ccc(NC(=O)CCNC(=O)c3cccs3)cc2)cs1. The molecule has 0 aliphatic heterocycles. The average Bonchev–Trinajstić information content (AvgIpc) is 3.27. The van der Waals surface area contributed by atoms with Crippen molar-refractivity contribution in [3.63, 3.8) is 0 Å². The van der Waals surface area contributed by atoms with E-state index in [0.717, 1.165) is 22.0 Å². The van der Waals surface area contributed by atoms with E-state index >= 15 is 0 Å². The molecule has 0 unspecified atom stereocenters. The van der Waals surface area contributed by atoms with E-state index in [1.54, 1.807) is 17.4 Å². The summed E-state index contributed by atoms with van der Waals surface area (Å²) in [6, 6.07) is 11.2. The van der Waals surface area contributed by atoms with Gasteiger partial charge in [-0.15, -0.1) is 22.7 Å². The van der Waals surface area contributed by atoms with Gasteiger partial charge >= 0.3 is 0 Å². The van der Waals surface area contributed by atoms with Crippen LogP contribution in [-0.2, 0) is 4.79 Å². The standard InChI is InChI=1S/C18H17N3O2S2/c1-12-20-15(11-25-12)13-4-6-14(7-5-13)21-17(22)8-9-19-18(23)16-3-2-10-24-16/h2-7,10-11H,8-9H2,1H3,(H,19,23)(H,21,22). The fraction of sp³-hybridized carbons (Fsp3) is 0.167. The molecule has 3 aromatic rings. The van der Waals surface area contributed by atoms with E-state index in [2.05, 4.69) is 15.6 Å². The summed E-state index contributed by atoms with van der Waals surface area (Å²) in [5.74, 6) is -0.283. The predicted molar refractivity (Wildman–Crippen MR) is 102 cm³/mol. The molecule has 0 aliphatic rings. The van der Waals surface area contributed by atoms with Gasteiger partial charge in [-0.25, -0.2) is 4.98 Å². The van der Waals surface area contributed by atoms with E-state index in [1.807, 2.05) is 48.0 Å². The lowest BCUT2D eigenvalue weighted by atomic mass is 10.1. The highest BCUT2D eigenvalue weighted by Gasteiger charge is 2.08. The Balaban J connectivity index is 1.47. The van der Waals surface area contributed by atoms with E-state index in [-0.39, 0.29) is 18.2 Å². The number of benzene rings is 1. The number of thiophene rings is 1. The average molecular weight is 371 g/mol. The van der Waals surface area contributed by atoms with Crippen molar-refractivity contribution in [1.29, 1.82) is 0 Å². The molecule has 2 N–H and O–H groups in total. The first-order valence-electron chi connectivity index (χ1n) is 7.76. The number of hydrogen-bond acceptors (Lipinski definition) is 5. The van der Waals surface area contributed by atoms with Gasteiger partial charge in [-0.05, 0) is 30.5 Å². The lowest BCUT2D eigenvalue weighted by molar-refractivity contribution is -0.116. The van der Waals surface area contributed by atoms with Crippen molar-refractivity contribution in [2.75, 3.05) is 11.9 Å². The lowest BCUT2D eigenvalue weighted by Crippen LogP contribution is -2.27. The number of nitrogens with one attached hydrogen (secondary N) is 2. The highest BCUT2D eigenvalue weighted by atomic mass is 32.1. The van der Waals surface area contributed by atoms with Crippen LogP contribution < -0.4 is 10.6 Å². The summed E-state index contributed by atoms with van der Waals surface area (Å²) < 4.78 is 0. The van der Waals surface area contributed by atoms with Gasteiger partial charge in [-0.2, -0.15) is 0 Å². The number of thiazole rings is 1. The fourth-order valence-electron chi connectivity index (χ4n) is 2.23. The third-order valence-corrected chi connectivity index (χ3v) is 5.11. The Labute approximate surface area is 153 Å². The monoisotopic (exact) mass is 371 g/mol. The second kappa shape index (κ2) is 8.04. The Hall–Kier alpha value is -2.51. The summed E-state index contributed by atoms with van der Waals surface area (Å²) >= 11 is 2.99. The molecule has 2 aromatic heterocycles. The third kappa shape index (κ3) is 4.74. The molecule has 2 amide bonds. The molecule has 3 rings (SSSR count). The zero-order valence-corrected chi connectivity index (χ0v) is 15.2. The van der Waals surface area contributed by atoms with E-state index in [0.29, 0.717) is 11.4 Å². The second-order valence-corrected chi connectivity index (χ2v) is 7.37. The molecule has 0 spiro atoms. The van der Waals surface area contributed by atoms with Crippen LogP contribution in [0.2, 0.25) is 0 Å². The molecular formula is C18H17N3O2S2. The summed E-state index contributed by atoms with van der Waals surface area (Å²) in [5.41, 5.74) is 2.69. The summed E-state index contributed by atoms with van der Waals surface area (Å²) in [7, 11) is 0. The summed E-state index contributed by atoms with van der Waals surface area (Å²) in [4.78, 5) is 28.8. The lowest BCUT2D eigenvalue weighted by Gasteiger charge is -2.07. The molecule has 128 valence electrons. The minimum atomic E-state index is -0.147. The van der Waals surface area contributed by atoms with Gasteiger partial charge in [-0.3, -0.25) is 9.59 Å². The van der Waals surface area contributed by atoms with Crippen LogP contribution in [0.3, 0.4) is 0 Å². The molecule has 0 aliphatic carbocycles. The molecule has 0 fully saturated rings. The molecule has 0 saturated heterocycles. The Bertz CT molecular complexity index is 855. The number of aryl methyl sites for hydroxylation is 1. The highest BCUT2D eigenvalue weighted by Crippen LogP contribution is 2.23. The maximum atomic E-state index is 12.0. The van der Waals surface area contributed by atoms with E-state index in [4.69, 9.17) is 0 Å². The van der Waals surface area contributed by atoms with Gasteiger partial charge in [0.05, 0.1) is 15.6 Å². The fourth-order valence-corrected chi connectivity index (χ4v) is 3.49. The van der Waals surface area contributed by atoms with Crippen molar-refractivity contribution in [1.82, 2.24) is 10.3 Å². The number of carbonyl (C=O) groups is 2. The van der Waals surface area contributed by atoms with Crippen molar-refractivity contribution in [2.24, 2.45) is 0 Å². The Morgan fingerprint density at radius 3 is 2.56 bits per heavy atom. The summed E-state index contributed by atoms with van der Waals surface area (Å²) in [6.45, 7) is 2.28. The number of carbonyl (C=O) groups excluding carboxylic acids is 2. The number of hydrogen-bond donors (Lipinski definition) is 2. The van der Waals surface area contributed by atoms with Crippen molar-refractivity contribution >= 4 is 40.2 Å². The zero-order valence-electron chi connectivity index (χ0n) is 13.6. The first-order chi connectivity index (χ1) is 12.1. The molecule has 0 radical (unpaired) electrons. The molecule has 7 heteroatoms. The Morgan fingerprint density at radius 2 is 1.92 bits per heavy atom. The number of aromatic nitrogens is 1. The molecule has 5 nitrogen and oxygen atoms in total. The van der Waals surface area contributed by atoms with Crippen molar-refractivity contribution in [3.05, 3.63) is 57.0 Å². The molecule has 25 heavy (non-hydrogen) atoms. The van der Waals surface area contributed by atoms with Gasteiger partial charge in [0.15, 0.2) is 0 Å². The van der Waals surface area contributed by atoms with E-state index in [1.165, 1.54) is 11.3 Å². The van der Waals surface area contributed by atoms with E-state index in [9.17, 15) is 9.59 Å². The molecule has 0 atom stereocenters.